The number of benzene rings is 2. The van der Waals surface area contributed by atoms with E-state index in [0.29, 0.717) is 16.8 Å². The third-order valence-electron chi connectivity index (χ3n) is 5.21. The van der Waals surface area contributed by atoms with Gasteiger partial charge in [0.05, 0.1) is 18.1 Å². The van der Waals surface area contributed by atoms with Crippen LogP contribution in [-0.2, 0) is 6.61 Å². The predicted octanol–water partition coefficient (Wildman–Crippen LogP) is 5.59. The molecule has 0 aliphatic heterocycles. The molecule has 0 aliphatic rings. The second-order valence-corrected chi connectivity index (χ2v) is 7.78. The van der Waals surface area contributed by atoms with E-state index in [4.69, 9.17) is 9.15 Å². The molecule has 7 heteroatoms. The molecule has 0 bridgehead atoms. The molecule has 32 heavy (non-hydrogen) atoms. The topological polar surface area (TPSA) is 82.2 Å². The minimum Gasteiger partial charge on any atom is -0.489 e. The molecule has 1 N–H and O–H groups in total. The first-order chi connectivity index (χ1) is 15.6. The lowest BCUT2D eigenvalue weighted by Gasteiger charge is -2.08. The van der Waals surface area contributed by atoms with E-state index in [1.165, 1.54) is 0 Å². The SMILES string of the molecule is CC(C)n1ncc2cc(NC(=O)c3oc4ccccc4c3COc3ccccc3)cnc21. The number of nitrogens with one attached hydrogen (secondary N) is 1. The number of fused-ring (bicyclic) bond motifs is 2. The van der Waals surface area contributed by atoms with Crippen LogP contribution in [0.1, 0.15) is 36.0 Å². The maximum atomic E-state index is 13.2. The fourth-order valence-electron chi connectivity index (χ4n) is 3.67. The summed E-state index contributed by atoms with van der Waals surface area (Å²) < 4.78 is 13.7. The average molecular weight is 426 g/mol. The number of ether oxygens (including phenoxy) is 1. The Kier molecular flexibility index (Phi) is 5.07. The molecular formula is C25H22N4O3. The first kappa shape index (κ1) is 19.8. The quantitative estimate of drug-likeness (QED) is 0.383. The van der Waals surface area contributed by atoms with Crippen LogP contribution in [0.2, 0.25) is 0 Å². The van der Waals surface area contributed by atoms with Gasteiger partial charge >= 0.3 is 0 Å². The standard InChI is InChI=1S/C25H22N4O3/c1-16(2)29-24-17(13-27-29)12-18(14-26-24)28-25(30)23-21(15-31-19-8-4-3-5-9-19)20-10-6-7-11-22(20)32-23/h3-14,16H,15H2,1-2H3,(H,28,30). The zero-order valence-electron chi connectivity index (χ0n) is 17.8. The Hall–Kier alpha value is -4.13. The van der Waals surface area contributed by atoms with E-state index < -0.39 is 0 Å². The van der Waals surface area contributed by atoms with Crippen molar-refractivity contribution in [1.29, 1.82) is 0 Å². The Balaban J connectivity index is 1.44. The molecule has 0 fully saturated rings. The molecule has 0 aliphatic carbocycles. The van der Waals surface area contributed by atoms with E-state index >= 15 is 0 Å². The molecule has 5 aromatic rings. The number of hydrogen-bond acceptors (Lipinski definition) is 5. The number of anilines is 1. The summed E-state index contributed by atoms with van der Waals surface area (Å²) in [6, 6.07) is 19.1. The molecule has 0 radical (unpaired) electrons. The number of rotatable bonds is 6. The molecule has 1 amide bonds. The Bertz CT molecular complexity index is 1400. The highest BCUT2D eigenvalue weighted by molar-refractivity contribution is 6.07. The molecule has 0 atom stereocenters. The van der Waals surface area contributed by atoms with E-state index in [9.17, 15) is 4.79 Å². The van der Waals surface area contributed by atoms with Crippen molar-refractivity contribution in [3.8, 4) is 5.75 Å². The van der Waals surface area contributed by atoms with Gasteiger partial charge in [-0.2, -0.15) is 5.10 Å². The Labute approximate surface area is 184 Å². The van der Waals surface area contributed by atoms with Gasteiger partial charge in [0, 0.05) is 22.4 Å². The van der Waals surface area contributed by atoms with Crippen molar-refractivity contribution in [1.82, 2.24) is 14.8 Å². The fourth-order valence-corrected chi connectivity index (χ4v) is 3.67. The molecule has 3 heterocycles. The molecule has 5 rings (SSSR count). The monoisotopic (exact) mass is 426 g/mol. The Morgan fingerprint density at radius 1 is 1.09 bits per heavy atom. The van der Waals surface area contributed by atoms with E-state index in [2.05, 4.69) is 15.4 Å². The number of carbonyl (C=O) groups is 1. The lowest BCUT2D eigenvalue weighted by Crippen LogP contribution is -2.14. The van der Waals surface area contributed by atoms with Crippen LogP contribution in [-0.4, -0.2) is 20.7 Å². The molecular weight excluding hydrogens is 404 g/mol. The first-order valence-electron chi connectivity index (χ1n) is 10.4. The molecule has 0 spiro atoms. The second kappa shape index (κ2) is 8.19. The smallest absolute Gasteiger partial charge is 0.291 e. The van der Waals surface area contributed by atoms with Crippen LogP contribution in [0.4, 0.5) is 5.69 Å². The molecule has 160 valence electrons. The van der Waals surface area contributed by atoms with Crippen molar-refractivity contribution in [2.45, 2.75) is 26.5 Å². The maximum absolute atomic E-state index is 13.2. The van der Waals surface area contributed by atoms with Crippen molar-refractivity contribution in [3.05, 3.63) is 84.4 Å². The predicted molar refractivity (Wildman–Crippen MR) is 123 cm³/mol. The summed E-state index contributed by atoms with van der Waals surface area (Å²) in [4.78, 5) is 17.6. The van der Waals surface area contributed by atoms with Crippen LogP contribution in [0.3, 0.4) is 0 Å². The highest BCUT2D eigenvalue weighted by Crippen LogP contribution is 2.28. The fraction of sp³-hybridized carbons (Fsp3) is 0.160. The Morgan fingerprint density at radius 2 is 1.88 bits per heavy atom. The van der Waals surface area contributed by atoms with Gasteiger partial charge in [-0.15, -0.1) is 0 Å². The number of pyridine rings is 1. The van der Waals surface area contributed by atoms with Gasteiger partial charge in [0.2, 0.25) is 0 Å². The third-order valence-corrected chi connectivity index (χ3v) is 5.21. The summed E-state index contributed by atoms with van der Waals surface area (Å²) >= 11 is 0. The summed E-state index contributed by atoms with van der Waals surface area (Å²) in [7, 11) is 0. The van der Waals surface area contributed by atoms with Crippen LogP contribution < -0.4 is 10.1 Å². The van der Waals surface area contributed by atoms with Crippen LogP contribution >= 0.6 is 0 Å². The zero-order chi connectivity index (χ0) is 22.1. The van der Waals surface area contributed by atoms with Crippen LogP contribution in [0.15, 0.2) is 77.5 Å². The maximum Gasteiger partial charge on any atom is 0.291 e. The Morgan fingerprint density at radius 3 is 2.69 bits per heavy atom. The van der Waals surface area contributed by atoms with Gasteiger partial charge in [-0.3, -0.25) is 4.79 Å². The van der Waals surface area contributed by atoms with E-state index in [1.54, 1.807) is 12.4 Å². The second-order valence-electron chi connectivity index (χ2n) is 7.78. The number of amides is 1. The summed E-state index contributed by atoms with van der Waals surface area (Å²) in [5.74, 6) is 0.589. The van der Waals surface area contributed by atoms with Crippen molar-refractivity contribution >= 4 is 33.6 Å². The summed E-state index contributed by atoms with van der Waals surface area (Å²) in [6.45, 7) is 4.30. The van der Waals surface area contributed by atoms with E-state index in [-0.39, 0.29) is 24.3 Å². The lowest BCUT2D eigenvalue weighted by molar-refractivity contribution is 0.0995. The van der Waals surface area contributed by atoms with Crippen molar-refractivity contribution < 1.29 is 13.9 Å². The van der Waals surface area contributed by atoms with Crippen molar-refractivity contribution in [3.63, 3.8) is 0 Å². The molecule has 0 saturated heterocycles. The molecule has 7 nitrogen and oxygen atoms in total. The molecule has 2 aromatic carbocycles. The highest BCUT2D eigenvalue weighted by atomic mass is 16.5. The van der Waals surface area contributed by atoms with Crippen LogP contribution in [0.5, 0.6) is 5.75 Å². The average Bonchev–Trinajstić information content (AvgIpc) is 3.40. The van der Waals surface area contributed by atoms with Crippen molar-refractivity contribution in [2.24, 2.45) is 0 Å². The number of hydrogen-bond donors (Lipinski definition) is 1. The van der Waals surface area contributed by atoms with Gasteiger partial charge in [-0.05, 0) is 38.1 Å². The number of aromatic nitrogens is 3. The normalized spacial score (nSPS) is 11.3. The van der Waals surface area contributed by atoms with Crippen LogP contribution in [0.25, 0.3) is 22.0 Å². The minimum atomic E-state index is -0.356. The van der Waals surface area contributed by atoms with E-state index in [1.807, 2.05) is 79.2 Å². The third kappa shape index (κ3) is 3.69. The molecule has 0 unspecified atom stereocenters. The van der Waals surface area contributed by atoms with Gasteiger partial charge < -0.3 is 14.5 Å². The lowest BCUT2D eigenvalue weighted by atomic mass is 10.1. The molecule has 0 saturated carbocycles. The summed E-state index contributed by atoms with van der Waals surface area (Å²) in [5, 5.41) is 8.98. The summed E-state index contributed by atoms with van der Waals surface area (Å²) in [6.07, 6.45) is 3.38. The zero-order valence-corrected chi connectivity index (χ0v) is 17.8. The largest absolute Gasteiger partial charge is 0.489 e. The van der Waals surface area contributed by atoms with E-state index in [0.717, 1.165) is 22.2 Å². The highest BCUT2D eigenvalue weighted by Gasteiger charge is 2.21. The van der Waals surface area contributed by atoms with Gasteiger partial charge in [0.15, 0.2) is 11.4 Å². The number of furan rings is 1. The number of carbonyl (C=O) groups excluding carboxylic acids is 1. The molecule has 3 aromatic heterocycles. The van der Waals surface area contributed by atoms with Gasteiger partial charge in [-0.1, -0.05) is 36.4 Å². The van der Waals surface area contributed by atoms with Gasteiger partial charge in [0.25, 0.3) is 5.91 Å². The summed E-state index contributed by atoms with van der Waals surface area (Å²) in [5.41, 5.74) is 2.68. The first-order valence-corrected chi connectivity index (χ1v) is 10.4. The number of para-hydroxylation sites is 2. The van der Waals surface area contributed by atoms with Crippen LogP contribution in [0, 0.1) is 0 Å². The number of nitrogens with zero attached hydrogens (tertiary/aromatic N) is 3. The van der Waals surface area contributed by atoms with Gasteiger partial charge in [-0.25, -0.2) is 9.67 Å². The van der Waals surface area contributed by atoms with Gasteiger partial charge in [0.1, 0.15) is 17.9 Å². The van der Waals surface area contributed by atoms with Crippen molar-refractivity contribution in [2.75, 3.05) is 5.32 Å². The minimum absolute atomic E-state index is 0.197.